The number of nitrogens with one attached hydrogen (secondary N) is 2. The number of hydrogen-bond acceptors (Lipinski definition) is 2. The predicted octanol–water partition coefficient (Wildman–Crippen LogP) is 3.73. The Morgan fingerprint density at radius 1 is 0.880 bits per heavy atom. The van der Waals surface area contributed by atoms with Crippen molar-refractivity contribution in [3.05, 3.63) is 29.8 Å². The van der Waals surface area contributed by atoms with Crippen LogP contribution in [0.1, 0.15) is 61.7 Å². The maximum Gasteiger partial charge on any atom is 0.251 e. The lowest BCUT2D eigenvalue weighted by Gasteiger charge is -2.55. The van der Waals surface area contributed by atoms with Crippen LogP contribution in [0.4, 0.5) is 5.69 Å². The van der Waals surface area contributed by atoms with Gasteiger partial charge < -0.3 is 10.6 Å². The van der Waals surface area contributed by atoms with Crippen molar-refractivity contribution in [1.82, 2.24) is 5.32 Å². The summed E-state index contributed by atoms with van der Waals surface area (Å²) < 4.78 is 0. The van der Waals surface area contributed by atoms with Crippen molar-refractivity contribution in [3.8, 4) is 0 Å². The molecular weight excluding hydrogens is 312 g/mol. The maximum absolute atomic E-state index is 13.0. The van der Waals surface area contributed by atoms with Crippen LogP contribution < -0.4 is 10.6 Å². The van der Waals surface area contributed by atoms with Crippen molar-refractivity contribution in [1.29, 1.82) is 0 Å². The molecule has 2 N–H and O–H groups in total. The third-order valence-corrected chi connectivity index (χ3v) is 6.84. The molecular formula is C21H26N2O2. The molecule has 4 bridgehead atoms. The first-order valence-corrected chi connectivity index (χ1v) is 9.82. The molecule has 0 unspecified atom stereocenters. The number of carbonyl (C=O) groups is 2. The average Bonchev–Trinajstić information content (AvgIpc) is 3.38. The second-order valence-electron chi connectivity index (χ2n) is 8.98. The van der Waals surface area contributed by atoms with Crippen molar-refractivity contribution in [2.75, 3.05) is 5.32 Å². The first-order chi connectivity index (χ1) is 12.1. The van der Waals surface area contributed by atoms with Gasteiger partial charge in [-0.1, -0.05) is 0 Å². The van der Waals surface area contributed by atoms with E-state index in [1.807, 2.05) is 24.3 Å². The van der Waals surface area contributed by atoms with E-state index in [9.17, 15) is 9.59 Å². The van der Waals surface area contributed by atoms with E-state index in [1.54, 1.807) is 0 Å². The van der Waals surface area contributed by atoms with Crippen molar-refractivity contribution in [2.24, 2.45) is 23.2 Å². The van der Waals surface area contributed by atoms with Crippen LogP contribution in [0.3, 0.4) is 0 Å². The zero-order valence-electron chi connectivity index (χ0n) is 14.6. The Morgan fingerprint density at radius 2 is 1.44 bits per heavy atom. The Labute approximate surface area is 148 Å². The summed E-state index contributed by atoms with van der Waals surface area (Å²) in [6.45, 7) is 0. The zero-order valence-corrected chi connectivity index (χ0v) is 14.6. The third kappa shape index (κ3) is 2.86. The number of rotatable bonds is 4. The lowest BCUT2D eigenvalue weighted by Crippen LogP contribution is -2.51. The molecule has 132 valence electrons. The monoisotopic (exact) mass is 338 g/mol. The number of benzene rings is 1. The predicted molar refractivity (Wildman–Crippen MR) is 96.2 cm³/mol. The lowest BCUT2D eigenvalue weighted by molar-refractivity contribution is -0.140. The highest BCUT2D eigenvalue weighted by Gasteiger charge is 2.54. The molecule has 0 radical (unpaired) electrons. The number of amides is 2. The highest BCUT2D eigenvalue weighted by Crippen LogP contribution is 2.60. The van der Waals surface area contributed by atoms with Gasteiger partial charge in [-0.3, -0.25) is 9.59 Å². The fourth-order valence-electron chi connectivity index (χ4n) is 5.85. The summed E-state index contributed by atoms with van der Waals surface area (Å²) in [5.74, 6) is 2.50. The molecule has 25 heavy (non-hydrogen) atoms. The highest BCUT2D eigenvalue weighted by molar-refractivity contribution is 5.97. The number of anilines is 1. The minimum atomic E-state index is -0.128. The standard InChI is InChI=1S/C21H26N2O2/c24-19(22-17-5-6-17)16-1-3-18(4-2-16)23-20(25)21-10-13-7-14(11-21)9-15(8-13)12-21/h1-4,13-15,17H,5-12H2,(H,22,24)(H,23,25). The van der Waals surface area contributed by atoms with Crippen LogP contribution in [0.25, 0.3) is 0 Å². The Morgan fingerprint density at radius 3 is 1.96 bits per heavy atom. The van der Waals surface area contributed by atoms with Crippen molar-refractivity contribution >= 4 is 17.5 Å². The first-order valence-electron chi connectivity index (χ1n) is 9.82. The summed E-state index contributed by atoms with van der Waals surface area (Å²) in [7, 11) is 0. The topological polar surface area (TPSA) is 58.2 Å². The molecule has 0 saturated heterocycles. The normalized spacial score (nSPS) is 35.4. The number of carbonyl (C=O) groups excluding carboxylic acids is 2. The van der Waals surface area contributed by atoms with Gasteiger partial charge in [-0.25, -0.2) is 0 Å². The van der Waals surface area contributed by atoms with Crippen LogP contribution in [0.15, 0.2) is 24.3 Å². The SMILES string of the molecule is O=C(NC1CC1)c1ccc(NC(=O)C23CC4CC(CC(C4)C2)C3)cc1. The van der Waals surface area contributed by atoms with E-state index < -0.39 is 0 Å². The van der Waals surface area contributed by atoms with E-state index in [-0.39, 0.29) is 17.2 Å². The fourth-order valence-corrected chi connectivity index (χ4v) is 5.85. The summed E-state index contributed by atoms with van der Waals surface area (Å²) in [5, 5.41) is 6.14. The van der Waals surface area contributed by atoms with Gasteiger partial charge in [0.2, 0.25) is 5.91 Å². The molecule has 2 amide bonds. The van der Waals surface area contributed by atoms with Crippen LogP contribution in [-0.2, 0) is 4.79 Å². The van der Waals surface area contributed by atoms with E-state index in [4.69, 9.17) is 0 Å². The summed E-state index contributed by atoms with van der Waals surface area (Å²) in [5.41, 5.74) is 1.35. The van der Waals surface area contributed by atoms with Crippen molar-refractivity contribution in [3.63, 3.8) is 0 Å². The number of hydrogen-bond donors (Lipinski definition) is 2. The molecule has 1 aromatic carbocycles. The molecule has 0 spiro atoms. The van der Waals surface area contributed by atoms with Gasteiger partial charge in [-0.15, -0.1) is 0 Å². The molecule has 4 nitrogen and oxygen atoms in total. The van der Waals surface area contributed by atoms with Gasteiger partial charge in [0.05, 0.1) is 5.41 Å². The second kappa shape index (κ2) is 5.58. The molecule has 5 aliphatic carbocycles. The van der Waals surface area contributed by atoms with E-state index in [2.05, 4.69) is 10.6 Å². The van der Waals surface area contributed by atoms with Crippen LogP contribution in [0, 0.1) is 23.2 Å². The Hall–Kier alpha value is -1.84. The van der Waals surface area contributed by atoms with E-state index in [0.29, 0.717) is 11.6 Å². The van der Waals surface area contributed by atoms with Crippen LogP contribution in [-0.4, -0.2) is 17.9 Å². The highest BCUT2D eigenvalue weighted by atomic mass is 16.2. The molecule has 1 aromatic rings. The lowest BCUT2D eigenvalue weighted by atomic mass is 9.49. The minimum Gasteiger partial charge on any atom is -0.349 e. The molecule has 0 heterocycles. The van der Waals surface area contributed by atoms with Crippen LogP contribution in [0.2, 0.25) is 0 Å². The summed E-state index contributed by atoms with van der Waals surface area (Å²) >= 11 is 0. The maximum atomic E-state index is 13.0. The summed E-state index contributed by atoms with van der Waals surface area (Å²) in [6, 6.07) is 7.71. The average molecular weight is 338 g/mol. The smallest absolute Gasteiger partial charge is 0.251 e. The zero-order chi connectivity index (χ0) is 17.0. The van der Waals surface area contributed by atoms with Gasteiger partial charge >= 0.3 is 0 Å². The van der Waals surface area contributed by atoms with Crippen LogP contribution in [0.5, 0.6) is 0 Å². The van der Waals surface area contributed by atoms with E-state index >= 15 is 0 Å². The van der Waals surface area contributed by atoms with Gasteiger partial charge in [-0.2, -0.15) is 0 Å². The van der Waals surface area contributed by atoms with Crippen molar-refractivity contribution < 1.29 is 9.59 Å². The molecule has 0 aliphatic heterocycles. The third-order valence-electron chi connectivity index (χ3n) is 6.84. The van der Waals surface area contributed by atoms with Gasteiger partial charge in [0, 0.05) is 17.3 Å². The Balaban J connectivity index is 1.27. The molecule has 4 heteroatoms. The van der Waals surface area contributed by atoms with Gasteiger partial charge in [-0.05, 0) is 93.4 Å². The first kappa shape index (κ1) is 15.4. The molecule has 0 aromatic heterocycles. The molecule has 5 saturated carbocycles. The van der Waals surface area contributed by atoms with Crippen LogP contribution >= 0.6 is 0 Å². The second-order valence-corrected chi connectivity index (χ2v) is 8.98. The molecule has 0 atom stereocenters. The molecule has 5 aliphatic rings. The summed E-state index contributed by atoms with van der Waals surface area (Å²) in [4.78, 5) is 25.1. The van der Waals surface area contributed by atoms with Crippen molar-refractivity contribution in [2.45, 2.75) is 57.4 Å². The fraction of sp³-hybridized carbons (Fsp3) is 0.619. The summed E-state index contributed by atoms with van der Waals surface area (Å²) in [6.07, 6.45) is 9.44. The quantitative estimate of drug-likeness (QED) is 0.879. The molecule has 6 rings (SSSR count). The van der Waals surface area contributed by atoms with E-state index in [0.717, 1.165) is 55.5 Å². The Bertz CT molecular complexity index is 670. The van der Waals surface area contributed by atoms with Gasteiger partial charge in [0.25, 0.3) is 5.91 Å². The largest absolute Gasteiger partial charge is 0.349 e. The molecule has 5 fully saturated rings. The minimum absolute atomic E-state index is 0.0125. The van der Waals surface area contributed by atoms with Gasteiger partial charge in [0.15, 0.2) is 0 Å². The van der Waals surface area contributed by atoms with E-state index in [1.165, 1.54) is 19.3 Å². The Kier molecular flexibility index (Phi) is 3.44. The van der Waals surface area contributed by atoms with Gasteiger partial charge in [0.1, 0.15) is 0 Å².